The number of methoxy groups -OCH3 is 2. The molecule has 1 rings (SSSR count). The molecule has 0 aromatic rings. The molecule has 0 saturated carbocycles. The number of rotatable bonds is 10. The molecule has 1 atom stereocenters. The Kier molecular flexibility index (Phi) is 8.63. The Morgan fingerprint density at radius 1 is 1.15 bits per heavy atom. The largest absolute Gasteiger partial charge is 0.385 e. The second-order valence-corrected chi connectivity index (χ2v) is 7.46. The van der Waals surface area contributed by atoms with Gasteiger partial charge in [-0.25, -0.2) is 8.42 Å². The zero-order valence-electron chi connectivity index (χ0n) is 12.6. The molecule has 0 amide bonds. The van der Waals surface area contributed by atoms with Crippen molar-refractivity contribution in [1.29, 1.82) is 0 Å². The van der Waals surface area contributed by atoms with Crippen LogP contribution in [0.5, 0.6) is 0 Å². The van der Waals surface area contributed by atoms with Gasteiger partial charge in [-0.05, 0) is 19.4 Å². The Labute approximate surface area is 122 Å². The van der Waals surface area contributed by atoms with Crippen molar-refractivity contribution >= 4 is 9.84 Å². The van der Waals surface area contributed by atoms with Crippen molar-refractivity contribution in [3.05, 3.63) is 0 Å². The molecule has 1 fully saturated rings. The van der Waals surface area contributed by atoms with Crippen LogP contribution in [0.1, 0.15) is 12.8 Å². The molecule has 6 nitrogen and oxygen atoms in total. The molecule has 1 saturated heterocycles. The lowest BCUT2D eigenvalue weighted by molar-refractivity contribution is 0.130. The Bertz CT molecular complexity index is 348. The van der Waals surface area contributed by atoms with Crippen LogP contribution in [0.25, 0.3) is 0 Å². The van der Waals surface area contributed by atoms with Crippen LogP contribution in [-0.2, 0) is 19.3 Å². The SMILES string of the molecule is COCCCN(CCOC)CCC1CS(=O)(=O)CCN1. The van der Waals surface area contributed by atoms with Crippen molar-refractivity contribution in [1.82, 2.24) is 10.2 Å². The van der Waals surface area contributed by atoms with E-state index in [-0.39, 0.29) is 17.5 Å². The molecule has 0 aliphatic carbocycles. The molecule has 1 N–H and O–H groups in total. The fraction of sp³-hybridized carbons (Fsp3) is 1.00. The van der Waals surface area contributed by atoms with Gasteiger partial charge >= 0.3 is 0 Å². The van der Waals surface area contributed by atoms with Crippen molar-refractivity contribution in [2.45, 2.75) is 18.9 Å². The van der Waals surface area contributed by atoms with Crippen LogP contribution in [0.4, 0.5) is 0 Å². The molecule has 120 valence electrons. The summed E-state index contributed by atoms with van der Waals surface area (Å²) in [6.45, 7) is 4.74. The topological polar surface area (TPSA) is 67.9 Å². The summed E-state index contributed by atoms with van der Waals surface area (Å²) in [6, 6.07) is 0.0845. The maximum Gasteiger partial charge on any atom is 0.153 e. The van der Waals surface area contributed by atoms with Crippen molar-refractivity contribution in [3.63, 3.8) is 0 Å². The first-order valence-corrected chi connectivity index (χ1v) is 9.03. The molecular weight excluding hydrogens is 280 g/mol. The van der Waals surface area contributed by atoms with Crippen LogP contribution >= 0.6 is 0 Å². The van der Waals surface area contributed by atoms with Crippen LogP contribution in [0.2, 0.25) is 0 Å². The highest BCUT2D eigenvalue weighted by Gasteiger charge is 2.24. The summed E-state index contributed by atoms with van der Waals surface area (Å²) in [4.78, 5) is 2.31. The van der Waals surface area contributed by atoms with Crippen LogP contribution in [0.3, 0.4) is 0 Å². The lowest BCUT2D eigenvalue weighted by Crippen LogP contribution is -2.46. The highest BCUT2D eigenvalue weighted by Crippen LogP contribution is 2.06. The molecule has 1 heterocycles. The van der Waals surface area contributed by atoms with Gasteiger partial charge in [0.15, 0.2) is 9.84 Å². The zero-order valence-corrected chi connectivity index (χ0v) is 13.5. The van der Waals surface area contributed by atoms with Gasteiger partial charge in [0.1, 0.15) is 0 Å². The molecular formula is C13H28N2O4S. The average molecular weight is 308 g/mol. The van der Waals surface area contributed by atoms with Crippen LogP contribution in [0.15, 0.2) is 0 Å². The quantitative estimate of drug-likeness (QED) is 0.561. The minimum Gasteiger partial charge on any atom is -0.385 e. The van der Waals surface area contributed by atoms with Gasteiger partial charge in [0, 0.05) is 46.5 Å². The van der Waals surface area contributed by atoms with Crippen molar-refractivity contribution in [2.24, 2.45) is 0 Å². The highest BCUT2D eigenvalue weighted by atomic mass is 32.2. The first-order chi connectivity index (χ1) is 9.57. The zero-order chi connectivity index (χ0) is 14.8. The van der Waals surface area contributed by atoms with E-state index in [1.807, 2.05) is 0 Å². The summed E-state index contributed by atoms with van der Waals surface area (Å²) in [6.07, 6.45) is 1.84. The Balaban J connectivity index is 2.32. The van der Waals surface area contributed by atoms with E-state index in [1.54, 1.807) is 14.2 Å². The number of ether oxygens (including phenoxy) is 2. The predicted molar refractivity (Wildman–Crippen MR) is 79.9 cm³/mol. The van der Waals surface area contributed by atoms with Crippen LogP contribution < -0.4 is 5.32 Å². The van der Waals surface area contributed by atoms with E-state index in [2.05, 4.69) is 10.2 Å². The minimum absolute atomic E-state index is 0.0845. The van der Waals surface area contributed by atoms with Gasteiger partial charge in [-0.3, -0.25) is 0 Å². The normalized spacial score (nSPS) is 22.2. The fourth-order valence-corrected chi connectivity index (χ4v) is 3.87. The molecule has 0 aromatic carbocycles. The summed E-state index contributed by atoms with van der Waals surface area (Å²) in [5.41, 5.74) is 0. The van der Waals surface area contributed by atoms with Gasteiger partial charge in [-0.15, -0.1) is 0 Å². The molecule has 0 spiro atoms. The Morgan fingerprint density at radius 3 is 2.55 bits per heavy atom. The van der Waals surface area contributed by atoms with Crippen LogP contribution in [-0.4, -0.2) is 84.5 Å². The molecule has 0 bridgehead atoms. The summed E-state index contributed by atoms with van der Waals surface area (Å²) in [7, 11) is 0.558. The van der Waals surface area contributed by atoms with Gasteiger partial charge < -0.3 is 19.7 Å². The first kappa shape index (κ1) is 17.8. The molecule has 1 aliphatic rings. The predicted octanol–water partition coefficient (Wildman–Crippen LogP) is -0.252. The van der Waals surface area contributed by atoms with Crippen molar-refractivity contribution in [3.8, 4) is 0 Å². The number of sulfone groups is 1. The monoisotopic (exact) mass is 308 g/mol. The fourth-order valence-electron chi connectivity index (χ4n) is 2.38. The van der Waals surface area contributed by atoms with E-state index in [0.29, 0.717) is 13.2 Å². The minimum atomic E-state index is -2.84. The molecule has 0 radical (unpaired) electrons. The summed E-state index contributed by atoms with van der Waals surface area (Å²) < 4.78 is 33.4. The molecule has 7 heteroatoms. The van der Waals surface area contributed by atoms with E-state index in [4.69, 9.17) is 9.47 Å². The van der Waals surface area contributed by atoms with E-state index < -0.39 is 9.84 Å². The van der Waals surface area contributed by atoms with Crippen molar-refractivity contribution in [2.75, 3.05) is 65.1 Å². The lowest BCUT2D eigenvalue weighted by atomic mass is 10.2. The lowest BCUT2D eigenvalue weighted by Gasteiger charge is -2.27. The number of nitrogens with zero attached hydrogens (tertiary/aromatic N) is 1. The van der Waals surface area contributed by atoms with E-state index in [9.17, 15) is 8.42 Å². The molecule has 1 unspecified atom stereocenters. The number of hydrogen-bond donors (Lipinski definition) is 1. The summed E-state index contributed by atoms with van der Waals surface area (Å²) in [5, 5.41) is 3.29. The van der Waals surface area contributed by atoms with Gasteiger partial charge in [0.25, 0.3) is 0 Å². The van der Waals surface area contributed by atoms with Crippen molar-refractivity contribution < 1.29 is 17.9 Å². The third kappa shape index (κ3) is 7.54. The average Bonchev–Trinajstić information content (AvgIpc) is 2.40. The van der Waals surface area contributed by atoms with Crippen LogP contribution in [0, 0.1) is 0 Å². The Hall–Kier alpha value is -0.210. The highest BCUT2D eigenvalue weighted by molar-refractivity contribution is 7.91. The number of nitrogens with one attached hydrogen (secondary N) is 1. The third-order valence-corrected chi connectivity index (χ3v) is 5.27. The van der Waals surface area contributed by atoms with Gasteiger partial charge in [0.05, 0.1) is 18.1 Å². The molecule has 1 aliphatic heterocycles. The maximum absolute atomic E-state index is 11.6. The summed E-state index contributed by atoms with van der Waals surface area (Å²) >= 11 is 0. The first-order valence-electron chi connectivity index (χ1n) is 7.21. The summed E-state index contributed by atoms with van der Waals surface area (Å²) in [5.74, 6) is 0.536. The number of hydrogen-bond acceptors (Lipinski definition) is 6. The standard InChI is InChI=1S/C13H28N2O4S/c1-18-9-3-6-15(8-10-19-2)7-4-13-12-20(16,17)11-5-14-13/h13-14H,3-12H2,1-2H3. The smallest absolute Gasteiger partial charge is 0.153 e. The Morgan fingerprint density at radius 2 is 1.90 bits per heavy atom. The molecule has 20 heavy (non-hydrogen) atoms. The maximum atomic E-state index is 11.6. The third-order valence-electron chi connectivity index (χ3n) is 3.53. The van der Waals surface area contributed by atoms with Gasteiger partial charge in [-0.2, -0.15) is 0 Å². The molecule has 0 aromatic heterocycles. The second kappa shape index (κ2) is 9.68. The van der Waals surface area contributed by atoms with Gasteiger partial charge in [-0.1, -0.05) is 0 Å². The van der Waals surface area contributed by atoms with E-state index in [1.165, 1.54) is 0 Å². The van der Waals surface area contributed by atoms with Gasteiger partial charge in [0.2, 0.25) is 0 Å². The van der Waals surface area contributed by atoms with E-state index >= 15 is 0 Å². The second-order valence-electron chi connectivity index (χ2n) is 5.23. The van der Waals surface area contributed by atoms with E-state index in [0.717, 1.165) is 39.1 Å².